The number of hydrogen-bond donors (Lipinski definition) is 0. The summed E-state index contributed by atoms with van der Waals surface area (Å²) in [6.45, 7) is 4.18. The summed E-state index contributed by atoms with van der Waals surface area (Å²) in [4.78, 5) is 10.5. The highest BCUT2D eigenvalue weighted by Crippen LogP contribution is 2.26. The first kappa shape index (κ1) is 12.2. The fourth-order valence-corrected chi connectivity index (χ4v) is 2.37. The molecule has 0 atom stereocenters. The van der Waals surface area contributed by atoms with Crippen molar-refractivity contribution >= 4 is 17.4 Å². The molecule has 1 aromatic carbocycles. The molecule has 0 saturated carbocycles. The van der Waals surface area contributed by atoms with Crippen molar-refractivity contribution in [2.45, 2.75) is 13.5 Å². The highest BCUT2D eigenvalue weighted by molar-refractivity contribution is 6.28. The molecule has 0 amide bonds. The quantitative estimate of drug-likeness (QED) is 0.750. The number of benzene rings is 1. The molecule has 2 aromatic rings. The van der Waals surface area contributed by atoms with Crippen molar-refractivity contribution in [1.29, 1.82) is 0 Å². The van der Waals surface area contributed by atoms with E-state index >= 15 is 0 Å². The molecule has 0 bridgehead atoms. The Morgan fingerprint density at radius 3 is 3.05 bits per heavy atom. The van der Waals surface area contributed by atoms with Crippen molar-refractivity contribution in [3.63, 3.8) is 0 Å². The summed E-state index contributed by atoms with van der Waals surface area (Å²) in [5, 5.41) is 0.277. The number of hydrogen-bond acceptors (Lipinski definition) is 4. The molecule has 19 heavy (non-hydrogen) atoms. The summed E-state index contributed by atoms with van der Waals surface area (Å²) in [6, 6.07) is 8.08. The molecule has 4 nitrogen and oxygen atoms in total. The molecular formula is C14H14ClN3O. The van der Waals surface area contributed by atoms with Crippen molar-refractivity contribution in [2.24, 2.45) is 0 Å². The normalized spacial score (nSPS) is 14.5. The molecule has 98 valence electrons. The van der Waals surface area contributed by atoms with Gasteiger partial charge in [-0.25, -0.2) is 9.97 Å². The Balaban J connectivity index is 1.96. The summed E-state index contributed by atoms with van der Waals surface area (Å²) in [6.07, 6.45) is 1.75. The second-order valence-corrected chi connectivity index (χ2v) is 4.86. The van der Waals surface area contributed by atoms with Crippen LogP contribution in [0.15, 0.2) is 30.5 Å². The fraction of sp³-hybridized carbons (Fsp3) is 0.286. The SMILES string of the molecule is Cc1cnc(Cl)nc1N1CCOc2ccccc2C1. The van der Waals surface area contributed by atoms with Gasteiger partial charge in [-0.15, -0.1) is 0 Å². The van der Waals surface area contributed by atoms with E-state index in [0.29, 0.717) is 6.61 Å². The number of nitrogens with zero attached hydrogens (tertiary/aromatic N) is 3. The van der Waals surface area contributed by atoms with E-state index in [9.17, 15) is 0 Å². The monoisotopic (exact) mass is 275 g/mol. The summed E-state index contributed by atoms with van der Waals surface area (Å²) < 4.78 is 5.75. The molecular weight excluding hydrogens is 262 g/mol. The summed E-state index contributed by atoms with van der Waals surface area (Å²) >= 11 is 5.90. The molecule has 3 rings (SSSR count). The Hall–Kier alpha value is -1.81. The number of ether oxygens (including phenoxy) is 1. The van der Waals surface area contributed by atoms with Gasteiger partial charge in [0.15, 0.2) is 0 Å². The molecule has 0 aliphatic carbocycles. The van der Waals surface area contributed by atoms with E-state index in [4.69, 9.17) is 16.3 Å². The first-order chi connectivity index (χ1) is 9.24. The Kier molecular flexibility index (Phi) is 3.25. The maximum absolute atomic E-state index is 5.90. The number of aromatic nitrogens is 2. The molecule has 0 spiro atoms. The fourth-order valence-electron chi connectivity index (χ4n) is 2.24. The van der Waals surface area contributed by atoms with E-state index in [1.165, 1.54) is 0 Å². The van der Waals surface area contributed by atoms with Crippen LogP contribution in [-0.4, -0.2) is 23.1 Å². The zero-order valence-electron chi connectivity index (χ0n) is 10.6. The van der Waals surface area contributed by atoms with E-state index in [1.807, 2.05) is 25.1 Å². The van der Waals surface area contributed by atoms with Gasteiger partial charge < -0.3 is 9.64 Å². The van der Waals surface area contributed by atoms with Crippen LogP contribution in [-0.2, 0) is 6.54 Å². The minimum absolute atomic E-state index is 0.277. The first-order valence-electron chi connectivity index (χ1n) is 6.19. The van der Waals surface area contributed by atoms with Crippen molar-refractivity contribution in [3.8, 4) is 5.75 Å². The van der Waals surface area contributed by atoms with Crippen LogP contribution >= 0.6 is 11.6 Å². The highest BCUT2D eigenvalue weighted by Gasteiger charge is 2.18. The number of aryl methyl sites for hydroxylation is 1. The minimum Gasteiger partial charge on any atom is -0.491 e. The van der Waals surface area contributed by atoms with Gasteiger partial charge in [0, 0.05) is 23.9 Å². The third-order valence-electron chi connectivity index (χ3n) is 3.17. The lowest BCUT2D eigenvalue weighted by molar-refractivity contribution is 0.331. The number of halogens is 1. The molecule has 0 N–H and O–H groups in total. The van der Waals surface area contributed by atoms with Gasteiger partial charge in [0.1, 0.15) is 18.2 Å². The van der Waals surface area contributed by atoms with Crippen LogP contribution in [0.25, 0.3) is 0 Å². The molecule has 1 aliphatic rings. The van der Waals surface area contributed by atoms with E-state index < -0.39 is 0 Å². The predicted octanol–water partition coefficient (Wildman–Crippen LogP) is 2.84. The first-order valence-corrected chi connectivity index (χ1v) is 6.56. The van der Waals surface area contributed by atoms with Crippen molar-refractivity contribution in [1.82, 2.24) is 9.97 Å². The Bertz CT molecular complexity index is 603. The van der Waals surface area contributed by atoms with Crippen molar-refractivity contribution < 1.29 is 4.74 Å². The van der Waals surface area contributed by atoms with Crippen LogP contribution in [0.2, 0.25) is 5.28 Å². The van der Waals surface area contributed by atoms with Gasteiger partial charge in [0.05, 0.1) is 6.54 Å². The van der Waals surface area contributed by atoms with E-state index in [-0.39, 0.29) is 5.28 Å². The highest BCUT2D eigenvalue weighted by atomic mass is 35.5. The molecule has 2 heterocycles. The number of anilines is 1. The molecule has 0 saturated heterocycles. The maximum atomic E-state index is 5.90. The van der Waals surface area contributed by atoms with Gasteiger partial charge in [-0.2, -0.15) is 0 Å². The lowest BCUT2D eigenvalue weighted by atomic mass is 10.2. The minimum atomic E-state index is 0.277. The average molecular weight is 276 g/mol. The van der Waals surface area contributed by atoms with Gasteiger partial charge in [-0.3, -0.25) is 0 Å². The van der Waals surface area contributed by atoms with E-state index in [1.54, 1.807) is 6.20 Å². The van der Waals surface area contributed by atoms with Crippen LogP contribution in [0.4, 0.5) is 5.82 Å². The van der Waals surface area contributed by atoms with Crippen molar-refractivity contribution in [2.75, 3.05) is 18.1 Å². The average Bonchev–Trinajstić information content (AvgIpc) is 2.63. The molecule has 0 unspecified atom stereocenters. The maximum Gasteiger partial charge on any atom is 0.224 e. The van der Waals surface area contributed by atoms with Gasteiger partial charge >= 0.3 is 0 Å². The second kappa shape index (κ2) is 5.05. The van der Waals surface area contributed by atoms with Crippen molar-refractivity contribution in [3.05, 3.63) is 46.9 Å². The van der Waals surface area contributed by atoms with Crippen LogP contribution in [0.1, 0.15) is 11.1 Å². The second-order valence-electron chi connectivity index (χ2n) is 4.52. The topological polar surface area (TPSA) is 38.2 Å². The van der Waals surface area contributed by atoms with Crippen LogP contribution in [0.5, 0.6) is 5.75 Å². The smallest absolute Gasteiger partial charge is 0.224 e. The number of rotatable bonds is 1. The van der Waals surface area contributed by atoms with Gasteiger partial charge in [0.25, 0.3) is 0 Å². The zero-order chi connectivity index (χ0) is 13.2. The Morgan fingerprint density at radius 1 is 1.32 bits per heavy atom. The van der Waals surface area contributed by atoms with Gasteiger partial charge in [-0.1, -0.05) is 18.2 Å². The summed E-state index contributed by atoms with van der Waals surface area (Å²) in [5.41, 5.74) is 2.18. The Morgan fingerprint density at radius 2 is 2.16 bits per heavy atom. The number of fused-ring (bicyclic) bond motifs is 1. The zero-order valence-corrected chi connectivity index (χ0v) is 11.4. The largest absolute Gasteiger partial charge is 0.491 e. The molecule has 0 fully saturated rings. The van der Waals surface area contributed by atoms with Crippen LogP contribution < -0.4 is 9.64 Å². The van der Waals surface area contributed by atoms with E-state index in [0.717, 1.165) is 35.8 Å². The third kappa shape index (κ3) is 2.49. The molecule has 1 aliphatic heterocycles. The lowest BCUT2D eigenvalue weighted by Crippen LogP contribution is -2.27. The van der Waals surface area contributed by atoms with Crippen LogP contribution in [0.3, 0.4) is 0 Å². The molecule has 0 radical (unpaired) electrons. The third-order valence-corrected chi connectivity index (χ3v) is 3.35. The lowest BCUT2D eigenvalue weighted by Gasteiger charge is -2.22. The standard InChI is InChI=1S/C14H14ClN3O/c1-10-8-16-14(15)17-13(10)18-6-7-19-12-5-3-2-4-11(12)9-18/h2-5,8H,6-7,9H2,1H3. The summed E-state index contributed by atoms with van der Waals surface area (Å²) in [7, 11) is 0. The van der Waals surface area contributed by atoms with Gasteiger partial charge in [0.2, 0.25) is 5.28 Å². The van der Waals surface area contributed by atoms with E-state index in [2.05, 4.69) is 20.9 Å². The Labute approximate surface area is 117 Å². The summed E-state index contributed by atoms with van der Waals surface area (Å²) in [5.74, 6) is 1.82. The molecule has 5 heteroatoms. The number of para-hydroxylation sites is 1. The van der Waals surface area contributed by atoms with Gasteiger partial charge in [-0.05, 0) is 24.6 Å². The predicted molar refractivity (Wildman–Crippen MR) is 74.8 cm³/mol. The van der Waals surface area contributed by atoms with Crippen LogP contribution in [0, 0.1) is 6.92 Å². The molecule has 1 aromatic heterocycles.